The molecule has 0 fully saturated rings. The third-order valence-corrected chi connectivity index (χ3v) is 31.4. The summed E-state index contributed by atoms with van der Waals surface area (Å²) in [7, 11) is -5.93. The van der Waals surface area contributed by atoms with Gasteiger partial charge in [0, 0.05) is 24.2 Å². The van der Waals surface area contributed by atoms with Crippen LogP contribution in [0.3, 0.4) is 0 Å². The Hall–Kier alpha value is 1.08. The molecule has 0 heterocycles. The summed E-state index contributed by atoms with van der Waals surface area (Å²) in [5.41, 5.74) is 0. The van der Waals surface area contributed by atoms with Crippen LogP contribution < -0.4 is 0 Å². The van der Waals surface area contributed by atoms with Crippen molar-refractivity contribution >= 4 is 38.7 Å². The van der Waals surface area contributed by atoms with Gasteiger partial charge in [-0.25, -0.2) is 0 Å². The standard InChI is InChI=1S/C18H45BFPSi3/c1-16(2,3)21(17(4,5)6)19(20)18(22(7,8)9,23(10,11)12)24(13,14)15/h1-15H3. The van der Waals surface area contributed by atoms with Gasteiger partial charge in [0.1, 0.15) is 0 Å². The van der Waals surface area contributed by atoms with E-state index >= 15 is 4.32 Å². The normalized spacial score (nSPS) is 15.9. The minimum absolute atomic E-state index is 0.0146. The fourth-order valence-electron chi connectivity index (χ4n) is 6.33. The third kappa shape index (κ3) is 4.48. The molecule has 0 saturated carbocycles. The van der Waals surface area contributed by atoms with Crippen LogP contribution >= 0.6 is 7.80 Å². The smallest absolute Gasteiger partial charge is 0.330 e. The van der Waals surface area contributed by atoms with Crippen LogP contribution in [-0.4, -0.2) is 41.2 Å². The quantitative estimate of drug-likeness (QED) is 0.321. The van der Waals surface area contributed by atoms with E-state index in [1.54, 1.807) is 0 Å². The Kier molecular flexibility index (Phi) is 7.22. The van der Waals surface area contributed by atoms with Gasteiger partial charge in [-0.05, 0) is 14.5 Å². The van der Waals surface area contributed by atoms with Gasteiger partial charge < -0.3 is 4.32 Å². The molecule has 0 rings (SSSR count). The second-order valence-electron chi connectivity index (χ2n) is 12.6. The fourth-order valence-corrected chi connectivity index (χ4v) is 43.9. The van der Waals surface area contributed by atoms with E-state index in [9.17, 15) is 0 Å². The Morgan fingerprint density at radius 2 is 0.792 bits per heavy atom. The molecule has 0 amide bonds. The second kappa shape index (κ2) is 6.91. The topological polar surface area (TPSA) is 0 Å². The number of hydrogen-bond donors (Lipinski definition) is 0. The van der Waals surface area contributed by atoms with Crippen LogP contribution in [0.5, 0.6) is 0 Å². The van der Waals surface area contributed by atoms with E-state index < -0.39 is 38.7 Å². The van der Waals surface area contributed by atoms with E-state index in [4.69, 9.17) is 0 Å². The lowest BCUT2D eigenvalue weighted by molar-refractivity contribution is 0.708. The van der Waals surface area contributed by atoms with Crippen molar-refractivity contribution in [3.63, 3.8) is 0 Å². The van der Waals surface area contributed by atoms with Crippen molar-refractivity contribution in [3.8, 4) is 0 Å². The molecule has 24 heavy (non-hydrogen) atoms. The monoisotopic (exact) mass is 406 g/mol. The van der Waals surface area contributed by atoms with Gasteiger partial charge in [0.2, 0.25) is 0 Å². The van der Waals surface area contributed by atoms with Crippen molar-refractivity contribution in [2.75, 3.05) is 0 Å². The van der Waals surface area contributed by atoms with Gasteiger partial charge in [0.05, 0.1) is 0 Å². The van der Waals surface area contributed by atoms with Crippen molar-refractivity contribution in [2.45, 2.75) is 115 Å². The molecular weight excluding hydrogens is 361 g/mol. The van der Waals surface area contributed by atoms with Gasteiger partial charge in [-0.1, -0.05) is 108 Å². The first kappa shape index (κ1) is 25.1. The zero-order valence-electron chi connectivity index (χ0n) is 19.4. The highest BCUT2D eigenvalue weighted by Crippen LogP contribution is 2.71. The first-order valence-electron chi connectivity index (χ1n) is 9.46. The highest BCUT2D eigenvalue weighted by molar-refractivity contribution is 7.93. The molecule has 0 aromatic heterocycles. The summed E-state index contributed by atoms with van der Waals surface area (Å²) < 4.78 is 17.0. The first-order chi connectivity index (χ1) is 10.0. The average Bonchev–Trinajstić information content (AvgIpc) is 2.02. The maximum Gasteiger partial charge on any atom is 0.374 e. The maximum atomic E-state index is 17.0. The van der Waals surface area contributed by atoms with Crippen LogP contribution in [0.25, 0.3) is 0 Å². The molecule has 6 heteroatoms. The van der Waals surface area contributed by atoms with Crippen molar-refractivity contribution in [1.82, 2.24) is 0 Å². The minimum Gasteiger partial charge on any atom is -0.330 e. The van der Waals surface area contributed by atoms with Crippen LogP contribution in [0, 0.1) is 0 Å². The summed E-state index contributed by atoms with van der Waals surface area (Å²) in [4.78, 5) is 0. The highest BCUT2D eigenvalue weighted by Gasteiger charge is 2.69. The summed E-state index contributed by atoms with van der Waals surface area (Å²) in [6, 6.07) is 0. The SMILES string of the molecule is CC(C)(C)P(B(F)C([Si](C)(C)C)([Si](C)(C)C)[Si](C)(C)C)C(C)(C)C. The van der Waals surface area contributed by atoms with Crippen molar-refractivity contribution in [3.05, 3.63) is 0 Å². The minimum atomic E-state index is -1.73. The summed E-state index contributed by atoms with van der Waals surface area (Å²) >= 11 is 0. The molecular formula is C18H45BFPSi3. The Balaban J connectivity index is 6.89. The largest absolute Gasteiger partial charge is 0.374 e. The molecule has 0 radical (unpaired) electrons. The van der Waals surface area contributed by atoms with Crippen molar-refractivity contribution in [2.24, 2.45) is 0 Å². The Bertz CT molecular complexity index is 384. The van der Waals surface area contributed by atoms with Gasteiger partial charge in [-0.3, -0.25) is 0 Å². The molecule has 0 aliphatic heterocycles. The van der Waals surface area contributed by atoms with Crippen LogP contribution in [0.4, 0.5) is 4.32 Å². The lowest BCUT2D eigenvalue weighted by Gasteiger charge is -2.62. The molecule has 0 atom stereocenters. The molecule has 0 nitrogen and oxygen atoms in total. The van der Waals surface area contributed by atoms with E-state index in [1.165, 1.54) is 0 Å². The fraction of sp³-hybridized carbons (Fsp3) is 1.00. The van der Waals surface area contributed by atoms with E-state index in [1.807, 2.05) is 0 Å². The van der Waals surface area contributed by atoms with E-state index in [0.29, 0.717) is 0 Å². The Morgan fingerprint density at radius 1 is 0.583 bits per heavy atom. The number of halogens is 1. The first-order valence-corrected chi connectivity index (χ1v) is 21.4. The third-order valence-electron chi connectivity index (χ3n) is 5.58. The van der Waals surface area contributed by atoms with E-state index in [2.05, 4.69) is 100 Å². The Labute approximate surface area is 158 Å². The van der Waals surface area contributed by atoms with Gasteiger partial charge in [-0.2, -0.15) is 0 Å². The Morgan fingerprint density at radius 3 is 0.917 bits per heavy atom. The zero-order chi connectivity index (χ0) is 20.2. The lowest BCUT2D eigenvalue weighted by Crippen LogP contribution is -2.71. The molecule has 0 saturated heterocycles. The number of hydrogen-bond acceptors (Lipinski definition) is 0. The molecule has 0 N–H and O–H groups in total. The molecule has 0 aromatic carbocycles. The van der Waals surface area contributed by atoms with Gasteiger partial charge in [0.15, 0.2) is 0 Å². The van der Waals surface area contributed by atoms with E-state index in [-0.39, 0.29) is 14.5 Å². The van der Waals surface area contributed by atoms with Crippen LogP contribution in [-0.2, 0) is 0 Å². The average molecular weight is 407 g/mol. The maximum absolute atomic E-state index is 17.0. The molecule has 0 spiro atoms. The van der Waals surface area contributed by atoms with Crippen molar-refractivity contribution < 1.29 is 4.32 Å². The summed E-state index contributed by atoms with van der Waals surface area (Å²) in [5, 5.41) is 0.0778. The number of rotatable bonds is 5. The lowest BCUT2D eigenvalue weighted by atomic mass is 10.1. The highest BCUT2D eigenvalue weighted by atomic mass is 31.1. The predicted molar refractivity (Wildman–Crippen MR) is 126 cm³/mol. The molecule has 144 valence electrons. The van der Waals surface area contributed by atoms with Gasteiger partial charge in [0.25, 0.3) is 0 Å². The van der Waals surface area contributed by atoms with Crippen LogP contribution in [0.15, 0.2) is 0 Å². The van der Waals surface area contributed by atoms with Crippen LogP contribution in [0.2, 0.25) is 63.1 Å². The molecule has 0 unspecified atom stereocenters. The molecule has 0 aliphatic carbocycles. The molecule has 0 aromatic rings. The van der Waals surface area contributed by atoms with Crippen molar-refractivity contribution in [1.29, 1.82) is 0 Å². The molecule has 0 aliphatic rings. The molecule has 0 bridgehead atoms. The van der Waals surface area contributed by atoms with Gasteiger partial charge in [-0.15, -0.1) is 0 Å². The van der Waals surface area contributed by atoms with E-state index in [0.717, 1.165) is 0 Å². The predicted octanol–water partition coefficient (Wildman–Crippen LogP) is 7.90. The zero-order valence-corrected chi connectivity index (χ0v) is 23.3. The van der Waals surface area contributed by atoms with Gasteiger partial charge >= 0.3 is 6.71 Å². The van der Waals surface area contributed by atoms with Crippen LogP contribution in [0.1, 0.15) is 41.5 Å². The summed E-state index contributed by atoms with van der Waals surface area (Å²) in [6.07, 6.45) is 0. The summed E-state index contributed by atoms with van der Waals surface area (Å²) in [6.45, 7) is 35.1. The summed E-state index contributed by atoms with van der Waals surface area (Å²) in [5.74, 6) is 0. The second-order valence-corrected chi connectivity index (χ2v) is 33.8.